The first-order chi connectivity index (χ1) is 17.0. The van der Waals surface area contributed by atoms with E-state index in [0.717, 1.165) is 12.8 Å². The summed E-state index contributed by atoms with van der Waals surface area (Å²) in [6.07, 6.45) is 3.25. The van der Waals surface area contributed by atoms with E-state index >= 15 is 0 Å². The van der Waals surface area contributed by atoms with Crippen LogP contribution in [-0.2, 0) is 11.3 Å². The molecule has 9 heteroatoms. The van der Waals surface area contributed by atoms with Crippen LogP contribution in [0.1, 0.15) is 61.8 Å². The van der Waals surface area contributed by atoms with Crippen LogP contribution in [0.3, 0.4) is 0 Å². The third-order valence-corrected chi connectivity index (χ3v) is 6.13. The molecule has 1 atom stereocenters. The molecular weight excluding hydrogens is 468 g/mol. The van der Waals surface area contributed by atoms with Gasteiger partial charge in [0, 0.05) is 25.7 Å². The smallest absolute Gasteiger partial charge is 0.410 e. The first-order valence-corrected chi connectivity index (χ1v) is 12.1. The molecule has 192 valence electrons. The highest BCUT2D eigenvalue weighted by atomic mass is 19.1. The van der Waals surface area contributed by atoms with Gasteiger partial charge in [-0.05, 0) is 70.7 Å². The molecule has 0 bridgehead atoms. The van der Waals surface area contributed by atoms with E-state index in [1.807, 2.05) is 20.8 Å². The molecule has 1 aliphatic rings. The van der Waals surface area contributed by atoms with Crippen LogP contribution in [0.25, 0.3) is 5.65 Å². The molecule has 1 aliphatic heterocycles. The number of imidazole rings is 1. The monoisotopic (exact) mass is 499 g/mol. The number of fused-ring (bicyclic) bond motifs is 1. The van der Waals surface area contributed by atoms with E-state index in [0.29, 0.717) is 35.9 Å². The Balaban J connectivity index is 1.49. The first-order valence-electron chi connectivity index (χ1n) is 12.1. The molecule has 0 N–H and O–H groups in total. The number of rotatable bonds is 6. The third kappa shape index (κ3) is 5.66. The van der Waals surface area contributed by atoms with Gasteiger partial charge in [-0.1, -0.05) is 6.07 Å². The lowest BCUT2D eigenvalue weighted by Gasteiger charge is -2.34. The van der Waals surface area contributed by atoms with E-state index in [1.165, 1.54) is 18.2 Å². The predicted octanol–water partition coefficient (Wildman–Crippen LogP) is 5.72. The Morgan fingerprint density at radius 1 is 1.14 bits per heavy atom. The lowest BCUT2D eigenvalue weighted by atomic mass is 9.92. The Bertz CT molecular complexity index is 1260. The lowest BCUT2D eigenvalue weighted by molar-refractivity contribution is 0.0160. The maximum Gasteiger partial charge on any atom is 0.410 e. The van der Waals surface area contributed by atoms with Gasteiger partial charge in [0.25, 0.3) is 0 Å². The number of aromatic nitrogens is 2. The summed E-state index contributed by atoms with van der Waals surface area (Å²) in [5.74, 6) is -1.15. The number of halogens is 2. The molecule has 7 nitrogen and oxygen atoms in total. The van der Waals surface area contributed by atoms with Crippen LogP contribution in [0.4, 0.5) is 13.6 Å². The fraction of sp³-hybridized carbons (Fsp3) is 0.444. The van der Waals surface area contributed by atoms with Crippen molar-refractivity contribution < 1.29 is 27.8 Å². The van der Waals surface area contributed by atoms with Gasteiger partial charge in [-0.2, -0.15) is 0 Å². The van der Waals surface area contributed by atoms with Crippen molar-refractivity contribution in [2.24, 2.45) is 5.92 Å². The number of Topliss-reactive ketones (excluding diaryl/α,β-unsaturated/α-hetero) is 1. The lowest BCUT2D eigenvalue weighted by Crippen LogP contribution is -2.43. The summed E-state index contributed by atoms with van der Waals surface area (Å²) in [5, 5.41) is 0. The van der Waals surface area contributed by atoms with Crippen molar-refractivity contribution >= 4 is 17.5 Å². The minimum absolute atomic E-state index is 0.00665. The Labute approximate surface area is 209 Å². The Morgan fingerprint density at radius 3 is 2.56 bits per heavy atom. The minimum atomic E-state index is -0.690. The standard InChI is InChI=1S/C27H31F2N3O4/c1-17-24(22(33)14-18-8-6-12-31(15-18)26(34)36-27(2,3)4)32-13-7-11-23(25(32)30-17)35-16-19-20(28)9-5-10-21(19)29/h5,7,9-11,13,18H,6,8,12,14-16H2,1-4H3/t18-/m1/s1. The Hall–Kier alpha value is -3.49. The molecule has 1 fully saturated rings. The number of carbonyl (C=O) groups is 2. The zero-order valence-electron chi connectivity index (χ0n) is 21.0. The maximum absolute atomic E-state index is 14.0. The van der Waals surface area contributed by atoms with Crippen molar-refractivity contribution in [3.8, 4) is 5.75 Å². The van der Waals surface area contributed by atoms with Gasteiger partial charge in [0.2, 0.25) is 0 Å². The fourth-order valence-corrected chi connectivity index (χ4v) is 4.51. The highest BCUT2D eigenvalue weighted by molar-refractivity contribution is 5.97. The largest absolute Gasteiger partial charge is 0.485 e. The molecule has 0 radical (unpaired) electrons. The van der Waals surface area contributed by atoms with E-state index in [4.69, 9.17) is 9.47 Å². The number of likely N-dealkylation sites (tertiary alicyclic amines) is 1. The number of amides is 1. The maximum atomic E-state index is 14.0. The van der Waals surface area contributed by atoms with Crippen LogP contribution >= 0.6 is 0 Å². The van der Waals surface area contributed by atoms with E-state index in [9.17, 15) is 18.4 Å². The van der Waals surface area contributed by atoms with Gasteiger partial charge in [0.15, 0.2) is 17.2 Å². The number of ketones is 1. The fourth-order valence-electron chi connectivity index (χ4n) is 4.51. The van der Waals surface area contributed by atoms with Gasteiger partial charge < -0.3 is 14.4 Å². The topological polar surface area (TPSA) is 73.1 Å². The molecule has 3 heterocycles. The first kappa shape index (κ1) is 25.6. The van der Waals surface area contributed by atoms with E-state index < -0.39 is 17.2 Å². The van der Waals surface area contributed by atoms with Crippen molar-refractivity contribution in [3.05, 3.63) is 65.1 Å². The molecule has 0 saturated carbocycles. The number of ether oxygens (including phenoxy) is 2. The van der Waals surface area contributed by atoms with Gasteiger partial charge in [0.1, 0.15) is 29.5 Å². The van der Waals surface area contributed by atoms with Gasteiger partial charge in [-0.3, -0.25) is 9.20 Å². The second-order valence-corrected chi connectivity index (χ2v) is 10.2. The SMILES string of the molecule is Cc1nc2c(OCc3c(F)cccc3F)cccn2c1C(=O)C[C@H]1CCCN(C(=O)OC(C)(C)C)C1. The zero-order valence-corrected chi connectivity index (χ0v) is 21.0. The quantitative estimate of drug-likeness (QED) is 0.406. The molecule has 0 aliphatic carbocycles. The molecule has 3 aromatic rings. The van der Waals surface area contributed by atoms with Crippen LogP contribution < -0.4 is 4.74 Å². The zero-order chi connectivity index (χ0) is 26.0. The van der Waals surface area contributed by atoms with Crippen molar-refractivity contribution in [1.29, 1.82) is 0 Å². The average molecular weight is 500 g/mol. The summed E-state index contributed by atoms with van der Waals surface area (Å²) >= 11 is 0. The Kier molecular flexibility index (Phi) is 7.28. The second kappa shape index (κ2) is 10.2. The van der Waals surface area contributed by atoms with Crippen LogP contribution in [0.5, 0.6) is 5.75 Å². The van der Waals surface area contributed by atoms with Gasteiger partial charge >= 0.3 is 6.09 Å². The van der Waals surface area contributed by atoms with Crippen molar-refractivity contribution in [2.75, 3.05) is 13.1 Å². The highest BCUT2D eigenvalue weighted by Crippen LogP contribution is 2.27. The number of piperidine rings is 1. The predicted molar refractivity (Wildman–Crippen MR) is 130 cm³/mol. The molecule has 4 rings (SSSR count). The van der Waals surface area contributed by atoms with Gasteiger partial charge in [-0.15, -0.1) is 0 Å². The molecule has 0 unspecified atom stereocenters. The highest BCUT2D eigenvalue weighted by Gasteiger charge is 2.30. The summed E-state index contributed by atoms with van der Waals surface area (Å²) in [6, 6.07) is 6.99. The number of nitrogens with zero attached hydrogens (tertiary/aromatic N) is 3. The van der Waals surface area contributed by atoms with Crippen molar-refractivity contribution in [3.63, 3.8) is 0 Å². The molecule has 1 aromatic carbocycles. The third-order valence-electron chi connectivity index (χ3n) is 6.13. The number of hydrogen-bond donors (Lipinski definition) is 0. The summed E-state index contributed by atoms with van der Waals surface area (Å²) in [6.45, 7) is 7.98. The van der Waals surface area contributed by atoms with Crippen LogP contribution in [0, 0.1) is 24.5 Å². The van der Waals surface area contributed by atoms with Crippen molar-refractivity contribution in [1.82, 2.24) is 14.3 Å². The summed E-state index contributed by atoms with van der Waals surface area (Å²) in [4.78, 5) is 32.0. The van der Waals surface area contributed by atoms with Gasteiger partial charge in [-0.25, -0.2) is 18.6 Å². The van der Waals surface area contributed by atoms with Crippen LogP contribution in [-0.4, -0.2) is 44.9 Å². The summed E-state index contributed by atoms with van der Waals surface area (Å²) < 4.78 is 40.9. The number of benzene rings is 1. The average Bonchev–Trinajstić information content (AvgIpc) is 3.14. The summed E-state index contributed by atoms with van der Waals surface area (Å²) in [5.41, 5.74) is 0.612. The van der Waals surface area contributed by atoms with Gasteiger partial charge in [0.05, 0.1) is 11.3 Å². The van der Waals surface area contributed by atoms with E-state index in [-0.39, 0.29) is 36.4 Å². The summed E-state index contributed by atoms with van der Waals surface area (Å²) in [7, 11) is 0. The Morgan fingerprint density at radius 2 is 1.86 bits per heavy atom. The van der Waals surface area contributed by atoms with E-state index in [1.54, 1.807) is 34.6 Å². The minimum Gasteiger partial charge on any atom is -0.485 e. The van der Waals surface area contributed by atoms with Crippen LogP contribution in [0.2, 0.25) is 0 Å². The molecule has 1 saturated heterocycles. The number of aryl methyl sites for hydroxylation is 1. The second-order valence-electron chi connectivity index (χ2n) is 10.2. The normalized spacial score (nSPS) is 16.3. The number of pyridine rings is 1. The number of carbonyl (C=O) groups excluding carboxylic acids is 2. The molecule has 1 amide bonds. The van der Waals surface area contributed by atoms with Crippen molar-refractivity contribution in [2.45, 2.75) is 59.2 Å². The molecular formula is C27H31F2N3O4. The van der Waals surface area contributed by atoms with E-state index in [2.05, 4.69) is 4.98 Å². The molecule has 36 heavy (non-hydrogen) atoms. The number of hydrogen-bond acceptors (Lipinski definition) is 5. The molecule has 2 aromatic heterocycles. The molecule has 0 spiro atoms. The van der Waals surface area contributed by atoms with Crippen LogP contribution in [0.15, 0.2) is 36.5 Å².